The van der Waals surface area contributed by atoms with Crippen molar-refractivity contribution in [1.82, 2.24) is 44.9 Å². The van der Waals surface area contributed by atoms with E-state index in [1.165, 1.54) is 6.07 Å². The summed E-state index contributed by atoms with van der Waals surface area (Å²) >= 11 is 0. The fraction of sp³-hybridized carbons (Fsp3) is 0.569. The van der Waals surface area contributed by atoms with Gasteiger partial charge in [-0.2, -0.15) is 5.10 Å². The Kier molecular flexibility index (Phi) is 15.9. The van der Waals surface area contributed by atoms with Crippen LogP contribution in [-0.2, 0) is 20.8 Å². The number of fused-ring (bicyclic) bond motifs is 1. The fourth-order valence-electron chi connectivity index (χ4n) is 12.9. The molecule has 5 amide bonds. The van der Waals surface area contributed by atoms with Crippen molar-refractivity contribution in [2.75, 3.05) is 78.5 Å². The minimum Gasteiger partial charge on any atom is -0.342 e. The molecule has 0 spiro atoms. The maximum Gasteiger partial charge on any atom is 0.272 e. The lowest BCUT2D eigenvalue weighted by molar-refractivity contribution is -0.143. The number of nitrogens with zero attached hydrogens (tertiary/aromatic N) is 7. The zero-order valence-electron chi connectivity index (χ0n) is 43.3. The smallest absolute Gasteiger partial charge is 0.272 e. The number of carbonyl (C=O) groups is 5. The molecular weight excluding hydrogens is 938 g/mol. The van der Waals surface area contributed by atoms with Gasteiger partial charge in [-0.05, 0) is 132 Å². The number of hydrogen-bond donors (Lipinski definition) is 2. The summed E-state index contributed by atoms with van der Waals surface area (Å²) in [6.45, 7) is 11.6. The van der Waals surface area contributed by atoms with Crippen LogP contribution in [0, 0.1) is 23.6 Å². The monoisotopic (exact) mass is 1010 g/mol. The van der Waals surface area contributed by atoms with Crippen molar-refractivity contribution < 1.29 is 28.4 Å². The number of carbonyl (C=O) groups excluding carboxylic acids is 5. The zero-order chi connectivity index (χ0) is 51.5. The Morgan fingerprint density at radius 1 is 0.716 bits per heavy atom. The molecule has 4 atom stereocenters. The molecule has 5 heterocycles. The average molecular weight is 1010 g/mol. The maximum absolute atomic E-state index is 15.2. The molecule has 3 aromatic carbocycles. The third-order valence-electron chi connectivity index (χ3n) is 17.1. The van der Waals surface area contributed by atoms with Gasteiger partial charge in [-0.3, -0.25) is 38.6 Å². The first kappa shape index (κ1) is 51.5. The van der Waals surface area contributed by atoms with Gasteiger partial charge in [0.1, 0.15) is 11.9 Å². The van der Waals surface area contributed by atoms with E-state index in [1.54, 1.807) is 29.2 Å². The molecule has 2 N–H and O–H groups in total. The molecule has 6 fully saturated rings. The van der Waals surface area contributed by atoms with Crippen LogP contribution in [0.15, 0.2) is 71.5 Å². The normalized spacial score (nSPS) is 23.2. The van der Waals surface area contributed by atoms with Gasteiger partial charge in [-0.15, -0.1) is 0 Å². The molecule has 10 rings (SSSR count). The highest BCUT2D eigenvalue weighted by Gasteiger charge is 2.41. The molecule has 0 unspecified atom stereocenters. The van der Waals surface area contributed by atoms with Crippen molar-refractivity contribution in [3.05, 3.63) is 111 Å². The second kappa shape index (κ2) is 22.9. The molecule has 0 bridgehead atoms. The van der Waals surface area contributed by atoms with E-state index in [9.17, 15) is 28.8 Å². The number of aromatic amines is 1. The number of aromatic nitrogens is 2. The number of piperazine rings is 2. The van der Waals surface area contributed by atoms with E-state index in [4.69, 9.17) is 0 Å². The summed E-state index contributed by atoms with van der Waals surface area (Å²) in [5, 5.41) is 11.3. The van der Waals surface area contributed by atoms with Gasteiger partial charge in [-0.25, -0.2) is 9.49 Å². The molecule has 0 radical (unpaired) electrons. The van der Waals surface area contributed by atoms with Gasteiger partial charge >= 0.3 is 0 Å². The van der Waals surface area contributed by atoms with E-state index in [-0.39, 0.29) is 64.6 Å². The molecule has 4 aromatic rings. The van der Waals surface area contributed by atoms with Crippen LogP contribution in [0.1, 0.15) is 128 Å². The van der Waals surface area contributed by atoms with Crippen molar-refractivity contribution in [2.45, 2.75) is 115 Å². The van der Waals surface area contributed by atoms with Crippen LogP contribution in [-0.4, -0.2) is 166 Å². The quantitative estimate of drug-likeness (QED) is 0.162. The number of halogens is 1. The Bertz CT molecular complexity index is 2750. The third-order valence-corrected chi connectivity index (χ3v) is 17.1. The third kappa shape index (κ3) is 11.8. The van der Waals surface area contributed by atoms with Gasteiger partial charge in [0.25, 0.3) is 17.4 Å². The summed E-state index contributed by atoms with van der Waals surface area (Å²) in [6, 6.07) is 18.9. The molecule has 74 heavy (non-hydrogen) atoms. The van der Waals surface area contributed by atoms with E-state index in [0.717, 1.165) is 115 Å². The average Bonchev–Trinajstić information content (AvgIpc) is 4.28. The van der Waals surface area contributed by atoms with Crippen LogP contribution in [0.25, 0.3) is 10.8 Å². The van der Waals surface area contributed by atoms with Gasteiger partial charge in [0, 0.05) is 100 Å². The lowest BCUT2D eigenvalue weighted by Crippen LogP contribution is -2.64. The van der Waals surface area contributed by atoms with Crippen LogP contribution in [0.4, 0.5) is 4.39 Å². The van der Waals surface area contributed by atoms with Crippen molar-refractivity contribution in [1.29, 1.82) is 0 Å². The standard InChI is InChI=1S/C58H74FN9O6/c1-38-33-64(34-39(2)68(38)58(74)53(42-10-4-3-5-11-42)60-54(70)45-13-8-12-44(32-45)46-14-9-23-67(36-46)56(72)43-18-19-43)35-40-21-24-63(25-22-40)37-52(69)65-26-28-66(29-27-65)57(73)49-30-41(17-20-50(49)59)31-51-47-15-6-7-16-48(47)55(71)62-61-51/h6-8,12-13,15-17,20,30,32,38-40,42-43,46,53H,3-5,9-11,14,18-19,21-29,31,33-37H2,1-2H3,(H,60,70)(H,62,71)/t38-,39-,46-,53-/m1/s1. The minimum absolute atomic E-state index is 0.0185. The molecule has 1 aromatic heterocycles. The van der Waals surface area contributed by atoms with Crippen LogP contribution in [0.3, 0.4) is 0 Å². The second-order valence-electron chi connectivity index (χ2n) is 22.5. The summed E-state index contributed by atoms with van der Waals surface area (Å²) in [6.07, 6.45) is 11.3. The zero-order valence-corrected chi connectivity index (χ0v) is 43.3. The highest BCUT2D eigenvalue weighted by atomic mass is 19.1. The van der Waals surface area contributed by atoms with Crippen molar-refractivity contribution >= 4 is 40.3 Å². The maximum atomic E-state index is 15.2. The predicted molar refractivity (Wildman–Crippen MR) is 281 cm³/mol. The van der Waals surface area contributed by atoms with Crippen molar-refractivity contribution in [2.24, 2.45) is 17.8 Å². The van der Waals surface area contributed by atoms with Crippen molar-refractivity contribution in [3.63, 3.8) is 0 Å². The Balaban J connectivity index is 0.679. The largest absolute Gasteiger partial charge is 0.342 e. The van der Waals surface area contributed by atoms with Gasteiger partial charge < -0.3 is 24.9 Å². The van der Waals surface area contributed by atoms with E-state index in [1.807, 2.05) is 40.1 Å². The Morgan fingerprint density at radius 3 is 2.16 bits per heavy atom. The summed E-state index contributed by atoms with van der Waals surface area (Å²) in [7, 11) is 0. The van der Waals surface area contributed by atoms with Gasteiger partial charge in [0.2, 0.25) is 17.7 Å². The Morgan fingerprint density at radius 2 is 1.43 bits per heavy atom. The number of H-pyrrole nitrogens is 1. The van der Waals surface area contributed by atoms with Gasteiger partial charge in [0.15, 0.2) is 0 Å². The second-order valence-corrected chi connectivity index (χ2v) is 22.5. The first-order chi connectivity index (χ1) is 35.9. The fourth-order valence-corrected chi connectivity index (χ4v) is 12.9. The number of piperidine rings is 2. The molecule has 394 valence electrons. The lowest BCUT2D eigenvalue weighted by atomic mass is 9.82. The first-order valence-electron chi connectivity index (χ1n) is 27.6. The van der Waals surface area contributed by atoms with Crippen LogP contribution >= 0.6 is 0 Å². The van der Waals surface area contributed by atoms with Crippen LogP contribution < -0.4 is 10.9 Å². The van der Waals surface area contributed by atoms with Crippen molar-refractivity contribution in [3.8, 4) is 0 Å². The summed E-state index contributed by atoms with van der Waals surface area (Å²) < 4.78 is 15.2. The number of hydrogen-bond acceptors (Lipinski definition) is 9. The van der Waals surface area contributed by atoms with E-state index < -0.39 is 17.8 Å². The molecule has 15 nitrogen and oxygen atoms in total. The lowest BCUT2D eigenvalue weighted by Gasteiger charge is -2.47. The molecule has 4 aliphatic heterocycles. The van der Waals surface area contributed by atoms with E-state index in [0.29, 0.717) is 79.2 Å². The Labute approximate surface area is 434 Å². The Hall–Kier alpha value is -6.00. The number of rotatable bonds is 13. The number of benzene rings is 3. The van der Waals surface area contributed by atoms with Crippen LogP contribution in [0.5, 0.6) is 0 Å². The number of likely N-dealkylation sites (tertiary alicyclic amines) is 2. The molecule has 2 aliphatic carbocycles. The molecule has 4 saturated heterocycles. The first-order valence-corrected chi connectivity index (χ1v) is 27.6. The topological polar surface area (TPSA) is 163 Å². The van der Waals surface area contributed by atoms with E-state index >= 15 is 4.39 Å². The highest BCUT2D eigenvalue weighted by molar-refractivity contribution is 5.98. The SMILES string of the molecule is C[C@@H]1CN(CC2CCN(CC(=O)N3CCN(C(=O)c4cc(Cc5n[nH]c(=O)c6ccccc56)ccc4F)CC3)CC2)C[C@@H](C)N1C(=O)[C@H](NC(=O)c1cccc([C@@H]2CCCN(C(=O)C3CC3)C2)c1)C1CCCCC1. The van der Waals surface area contributed by atoms with Gasteiger partial charge in [-0.1, -0.05) is 55.7 Å². The highest BCUT2D eigenvalue weighted by Crippen LogP contribution is 2.35. The number of nitrogens with one attached hydrogen (secondary N) is 2. The number of amides is 5. The van der Waals surface area contributed by atoms with Crippen LogP contribution in [0.2, 0.25) is 0 Å². The molecule has 16 heteroatoms. The van der Waals surface area contributed by atoms with Gasteiger partial charge in [0.05, 0.1) is 23.2 Å². The molecular formula is C58H74FN9O6. The summed E-state index contributed by atoms with van der Waals surface area (Å²) in [5.41, 5.74) is 2.67. The summed E-state index contributed by atoms with van der Waals surface area (Å²) in [5.74, 6) is 0.0904. The predicted octanol–water partition coefficient (Wildman–Crippen LogP) is 6.07. The summed E-state index contributed by atoms with van der Waals surface area (Å²) in [4.78, 5) is 93.6. The minimum atomic E-state index is -0.605. The molecule has 2 saturated carbocycles. The molecule has 6 aliphatic rings. The van der Waals surface area contributed by atoms with E-state index in [2.05, 4.69) is 50.1 Å².